The van der Waals surface area contributed by atoms with E-state index in [1.165, 1.54) is 0 Å². The van der Waals surface area contributed by atoms with Crippen molar-refractivity contribution in [1.29, 1.82) is 0 Å². The van der Waals surface area contributed by atoms with Crippen LogP contribution >= 0.6 is 0 Å². The number of rotatable bonds is 5. The van der Waals surface area contributed by atoms with Crippen molar-refractivity contribution in [2.45, 2.75) is 84.5 Å². The van der Waals surface area contributed by atoms with E-state index in [2.05, 4.69) is 5.32 Å². The molecule has 122 valence electrons. The quantitative estimate of drug-likeness (QED) is 0.790. The fourth-order valence-electron chi connectivity index (χ4n) is 2.49. The molecule has 1 amide bonds. The SMILES string of the molecule is CCC(C)NC(=O)C(C)N1CCC[C@H]1C(=O)OC(C)(C)C. The Labute approximate surface area is 128 Å². The first kappa shape index (κ1) is 18.0. The lowest BCUT2D eigenvalue weighted by atomic mass is 10.1. The molecule has 0 aromatic rings. The van der Waals surface area contributed by atoms with Crippen LogP contribution in [0.3, 0.4) is 0 Å². The number of nitrogens with zero attached hydrogens (tertiary/aromatic N) is 1. The van der Waals surface area contributed by atoms with Crippen molar-refractivity contribution >= 4 is 11.9 Å². The topological polar surface area (TPSA) is 58.6 Å². The van der Waals surface area contributed by atoms with Crippen LogP contribution in [-0.2, 0) is 14.3 Å². The minimum atomic E-state index is -0.492. The van der Waals surface area contributed by atoms with Gasteiger partial charge in [0.05, 0.1) is 6.04 Å². The second-order valence-electron chi connectivity index (χ2n) is 6.92. The van der Waals surface area contributed by atoms with Crippen LogP contribution in [0.4, 0.5) is 0 Å². The first-order valence-electron chi connectivity index (χ1n) is 7.94. The Morgan fingerprint density at radius 3 is 2.48 bits per heavy atom. The van der Waals surface area contributed by atoms with E-state index in [1.807, 2.05) is 46.4 Å². The Balaban J connectivity index is 2.68. The van der Waals surface area contributed by atoms with E-state index in [1.54, 1.807) is 0 Å². The van der Waals surface area contributed by atoms with Crippen molar-refractivity contribution in [3.8, 4) is 0 Å². The zero-order chi connectivity index (χ0) is 16.2. The lowest BCUT2D eigenvalue weighted by Gasteiger charge is -2.31. The van der Waals surface area contributed by atoms with Crippen LogP contribution in [0.25, 0.3) is 0 Å². The van der Waals surface area contributed by atoms with Gasteiger partial charge in [-0.25, -0.2) is 0 Å². The summed E-state index contributed by atoms with van der Waals surface area (Å²) in [7, 11) is 0. The molecule has 0 aromatic carbocycles. The van der Waals surface area contributed by atoms with Gasteiger partial charge in [0.25, 0.3) is 0 Å². The molecule has 5 nitrogen and oxygen atoms in total. The standard InChI is InChI=1S/C16H30N2O3/c1-7-11(2)17-14(19)12(3)18-10-8-9-13(18)15(20)21-16(4,5)6/h11-13H,7-10H2,1-6H3,(H,17,19)/t11?,12?,13-/m0/s1. The maximum absolute atomic E-state index is 12.3. The summed E-state index contributed by atoms with van der Waals surface area (Å²) in [5.74, 6) is -0.233. The van der Waals surface area contributed by atoms with Gasteiger partial charge in [0.2, 0.25) is 5.91 Å². The summed E-state index contributed by atoms with van der Waals surface area (Å²) in [6.07, 6.45) is 2.58. The lowest BCUT2D eigenvalue weighted by molar-refractivity contribution is -0.161. The van der Waals surface area contributed by atoms with Crippen LogP contribution in [-0.4, -0.2) is 47.0 Å². The van der Waals surface area contributed by atoms with Crippen molar-refractivity contribution < 1.29 is 14.3 Å². The van der Waals surface area contributed by atoms with E-state index in [0.717, 1.165) is 25.8 Å². The van der Waals surface area contributed by atoms with Crippen LogP contribution in [0, 0.1) is 0 Å². The average Bonchev–Trinajstić information content (AvgIpc) is 2.84. The van der Waals surface area contributed by atoms with Gasteiger partial charge in [0, 0.05) is 6.04 Å². The zero-order valence-corrected chi connectivity index (χ0v) is 14.2. The van der Waals surface area contributed by atoms with Gasteiger partial charge in [-0.1, -0.05) is 6.92 Å². The number of nitrogens with one attached hydrogen (secondary N) is 1. The predicted octanol–water partition coefficient (Wildman–Crippen LogP) is 2.10. The highest BCUT2D eigenvalue weighted by atomic mass is 16.6. The van der Waals surface area contributed by atoms with Crippen LogP contribution in [0.5, 0.6) is 0 Å². The molecule has 21 heavy (non-hydrogen) atoms. The monoisotopic (exact) mass is 298 g/mol. The van der Waals surface area contributed by atoms with Gasteiger partial charge < -0.3 is 10.1 Å². The summed E-state index contributed by atoms with van der Waals surface area (Å²) in [6, 6.07) is -0.455. The molecule has 1 aliphatic heterocycles. The van der Waals surface area contributed by atoms with E-state index >= 15 is 0 Å². The molecule has 1 heterocycles. The van der Waals surface area contributed by atoms with Gasteiger partial charge in [-0.2, -0.15) is 0 Å². The number of likely N-dealkylation sites (tertiary alicyclic amines) is 1. The van der Waals surface area contributed by atoms with E-state index in [9.17, 15) is 9.59 Å². The largest absolute Gasteiger partial charge is 0.459 e. The fourth-order valence-corrected chi connectivity index (χ4v) is 2.49. The molecule has 1 N–H and O–H groups in total. The number of hydrogen-bond donors (Lipinski definition) is 1. The Kier molecular flexibility index (Phi) is 6.20. The van der Waals surface area contributed by atoms with Crippen molar-refractivity contribution in [3.63, 3.8) is 0 Å². The Hall–Kier alpha value is -1.10. The number of ether oxygens (including phenoxy) is 1. The van der Waals surface area contributed by atoms with E-state index in [4.69, 9.17) is 4.74 Å². The summed E-state index contributed by atoms with van der Waals surface area (Å²) in [5.41, 5.74) is -0.492. The van der Waals surface area contributed by atoms with Crippen LogP contribution in [0.15, 0.2) is 0 Å². The Morgan fingerprint density at radius 1 is 1.33 bits per heavy atom. The third kappa shape index (κ3) is 5.30. The average molecular weight is 298 g/mol. The predicted molar refractivity (Wildman–Crippen MR) is 82.9 cm³/mol. The normalized spacial score (nSPS) is 22.7. The minimum absolute atomic E-state index is 0.0141. The highest BCUT2D eigenvalue weighted by Gasteiger charge is 2.38. The van der Waals surface area contributed by atoms with E-state index in [0.29, 0.717) is 0 Å². The van der Waals surface area contributed by atoms with Gasteiger partial charge >= 0.3 is 5.97 Å². The van der Waals surface area contributed by atoms with Crippen molar-refractivity contribution in [2.24, 2.45) is 0 Å². The molecular formula is C16H30N2O3. The molecule has 0 aliphatic carbocycles. The molecule has 1 saturated heterocycles. The minimum Gasteiger partial charge on any atom is -0.459 e. The Morgan fingerprint density at radius 2 is 1.95 bits per heavy atom. The lowest BCUT2D eigenvalue weighted by Crippen LogP contribution is -2.52. The maximum atomic E-state index is 12.3. The number of carbonyl (C=O) groups is 2. The first-order chi connectivity index (χ1) is 9.65. The van der Waals surface area contributed by atoms with Crippen molar-refractivity contribution in [3.05, 3.63) is 0 Å². The van der Waals surface area contributed by atoms with Gasteiger partial charge in [-0.05, 0) is 60.4 Å². The van der Waals surface area contributed by atoms with Crippen LogP contribution in [0.1, 0.15) is 60.8 Å². The molecule has 0 radical (unpaired) electrons. The molecule has 0 spiro atoms. The highest BCUT2D eigenvalue weighted by molar-refractivity contribution is 5.83. The summed E-state index contributed by atoms with van der Waals surface area (Å²) in [5, 5.41) is 2.98. The summed E-state index contributed by atoms with van der Waals surface area (Å²) in [4.78, 5) is 26.5. The van der Waals surface area contributed by atoms with Gasteiger partial charge in [0.1, 0.15) is 11.6 Å². The third-order valence-electron chi connectivity index (χ3n) is 3.85. The summed E-state index contributed by atoms with van der Waals surface area (Å²) < 4.78 is 5.47. The zero-order valence-electron chi connectivity index (χ0n) is 14.2. The van der Waals surface area contributed by atoms with Crippen molar-refractivity contribution in [2.75, 3.05) is 6.54 Å². The first-order valence-corrected chi connectivity index (χ1v) is 7.94. The fraction of sp³-hybridized carbons (Fsp3) is 0.875. The third-order valence-corrected chi connectivity index (χ3v) is 3.85. The summed E-state index contributed by atoms with van der Waals surface area (Å²) >= 11 is 0. The van der Waals surface area contributed by atoms with Crippen molar-refractivity contribution in [1.82, 2.24) is 10.2 Å². The molecule has 3 atom stereocenters. The van der Waals surface area contributed by atoms with Gasteiger partial charge in [0.15, 0.2) is 0 Å². The molecule has 0 aromatic heterocycles. The smallest absolute Gasteiger partial charge is 0.323 e. The second-order valence-corrected chi connectivity index (χ2v) is 6.92. The highest BCUT2D eigenvalue weighted by Crippen LogP contribution is 2.23. The maximum Gasteiger partial charge on any atom is 0.323 e. The molecule has 1 rings (SSSR count). The van der Waals surface area contributed by atoms with Gasteiger partial charge in [-0.3, -0.25) is 14.5 Å². The van der Waals surface area contributed by atoms with Crippen LogP contribution in [0.2, 0.25) is 0 Å². The molecule has 0 saturated carbocycles. The summed E-state index contributed by atoms with van der Waals surface area (Å²) in [6.45, 7) is 12.2. The number of amides is 1. The number of hydrogen-bond acceptors (Lipinski definition) is 4. The van der Waals surface area contributed by atoms with Crippen LogP contribution < -0.4 is 5.32 Å². The number of esters is 1. The molecular weight excluding hydrogens is 268 g/mol. The second kappa shape index (κ2) is 7.25. The van der Waals surface area contributed by atoms with E-state index in [-0.39, 0.29) is 30.0 Å². The Bertz CT molecular complexity index is 376. The van der Waals surface area contributed by atoms with E-state index < -0.39 is 5.60 Å². The molecule has 5 heteroatoms. The van der Waals surface area contributed by atoms with Gasteiger partial charge in [-0.15, -0.1) is 0 Å². The number of carbonyl (C=O) groups excluding carboxylic acids is 2. The molecule has 1 aliphatic rings. The molecule has 2 unspecified atom stereocenters. The molecule has 1 fully saturated rings. The molecule has 0 bridgehead atoms.